The SMILES string of the molecule is Cc1ccc(C)c(NC(=O)c2cnc(-c3ccc(F)cc3)nc2-c2ccncc2)c1. The minimum atomic E-state index is -0.336. The van der Waals surface area contributed by atoms with Crippen LogP contribution in [0.15, 0.2) is 73.2 Å². The Labute approximate surface area is 173 Å². The second-order valence-electron chi connectivity index (χ2n) is 6.97. The topological polar surface area (TPSA) is 67.8 Å². The Kier molecular flexibility index (Phi) is 5.30. The highest BCUT2D eigenvalue weighted by Gasteiger charge is 2.18. The number of halogens is 1. The van der Waals surface area contributed by atoms with Crippen molar-refractivity contribution in [3.05, 3.63) is 95.7 Å². The number of aryl methyl sites for hydroxylation is 2. The second-order valence-corrected chi connectivity index (χ2v) is 6.97. The van der Waals surface area contributed by atoms with Crippen LogP contribution in [0.4, 0.5) is 10.1 Å². The molecule has 148 valence electrons. The highest BCUT2D eigenvalue weighted by atomic mass is 19.1. The van der Waals surface area contributed by atoms with Crippen LogP contribution >= 0.6 is 0 Å². The van der Waals surface area contributed by atoms with Crippen LogP contribution in [-0.4, -0.2) is 20.9 Å². The summed E-state index contributed by atoms with van der Waals surface area (Å²) in [7, 11) is 0. The lowest BCUT2D eigenvalue weighted by Gasteiger charge is -2.13. The second kappa shape index (κ2) is 8.21. The molecule has 0 radical (unpaired) electrons. The van der Waals surface area contributed by atoms with Gasteiger partial charge in [0.1, 0.15) is 5.82 Å². The van der Waals surface area contributed by atoms with Crippen LogP contribution in [0.2, 0.25) is 0 Å². The monoisotopic (exact) mass is 398 g/mol. The average molecular weight is 398 g/mol. The van der Waals surface area contributed by atoms with Crippen molar-refractivity contribution < 1.29 is 9.18 Å². The number of carbonyl (C=O) groups excluding carboxylic acids is 1. The molecule has 30 heavy (non-hydrogen) atoms. The molecule has 2 heterocycles. The number of amides is 1. The van der Waals surface area contributed by atoms with Gasteiger partial charge < -0.3 is 5.32 Å². The predicted octanol–water partition coefficient (Wildman–Crippen LogP) is 5.21. The summed E-state index contributed by atoms with van der Waals surface area (Å²) in [6.45, 7) is 3.91. The first kappa shape index (κ1) is 19.4. The molecule has 4 aromatic rings. The molecule has 0 bridgehead atoms. The fraction of sp³-hybridized carbons (Fsp3) is 0.0833. The number of hydrogen-bond acceptors (Lipinski definition) is 4. The summed E-state index contributed by atoms with van der Waals surface area (Å²) in [6.07, 6.45) is 4.78. The Morgan fingerprint density at radius 3 is 2.40 bits per heavy atom. The highest BCUT2D eigenvalue weighted by Crippen LogP contribution is 2.26. The van der Waals surface area contributed by atoms with Gasteiger partial charge in [0.25, 0.3) is 5.91 Å². The van der Waals surface area contributed by atoms with Gasteiger partial charge in [-0.1, -0.05) is 12.1 Å². The Morgan fingerprint density at radius 1 is 0.933 bits per heavy atom. The van der Waals surface area contributed by atoms with E-state index in [0.717, 1.165) is 22.4 Å². The molecule has 0 fully saturated rings. The van der Waals surface area contributed by atoms with Crippen molar-refractivity contribution in [3.8, 4) is 22.6 Å². The zero-order valence-electron chi connectivity index (χ0n) is 16.6. The van der Waals surface area contributed by atoms with Gasteiger partial charge in [0.05, 0.1) is 11.3 Å². The van der Waals surface area contributed by atoms with E-state index in [9.17, 15) is 9.18 Å². The quantitative estimate of drug-likeness (QED) is 0.512. The van der Waals surface area contributed by atoms with Crippen molar-refractivity contribution in [2.45, 2.75) is 13.8 Å². The normalized spacial score (nSPS) is 10.6. The molecule has 0 unspecified atom stereocenters. The third kappa shape index (κ3) is 4.07. The zero-order chi connectivity index (χ0) is 21.1. The molecule has 6 heteroatoms. The largest absolute Gasteiger partial charge is 0.322 e. The molecular weight excluding hydrogens is 379 g/mol. The van der Waals surface area contributed by atoms with E-state index in [-0.39, 0.29) is 11.7 Å². The number of nitrogens with one attached hydrogen (secondary N) is 1. The van der Waals surface area contributed by atoms with E-state index < -0.39 is 0 Å². The molecule has 5 nitrogen and oxygen atoms in total. The molecule has 0 aliphatic rings. The number of aromatic nitrogens is 3. The number of rotatable bonds is 4. The summed E-state index contributed by atoms with van der Waals surface area (Å²) >= 11 is 0. The van der Waals surface area contributed by atoms with E-state index in [1.54, 1.807) is 36.7 Å². The summed E-state index contributed by atoms with van der Waals surface area (Å²) in [5.41, 5.74) is 4.97. The molecule has 1 N–H and O–H groups in total. The number of nitrogens with zero attached hydrogens (tertiary/aromatic N) is 3. The fourth-order valence-electron chi connectivity index (χ4n) is 3.08. The van der Waals surface area contributed by atoms with Crippen LogP contribution in [0.3, 0.4) is 0 Å². The molecule has 0 saturated carbocycles. The molecule has 0 aliphatic carbocycles. The van der Waals surface area contributed by atoms with Crippen LogP contribution in [0.5, 0.6) is 0 Å². The van der Waals surface area contributed by atoms with E-state index >= 15 is 0 Å². The van der Waals surface area contributed by atoms with Crippen LogP contribution in [0.1, 0.15) is 21.5 Å². The van der Waals surface area contributed by atoms with Gasteiger partial charge in [-0.05, 0) is 67.4 Å². The zero-order valence-corrected chi connectivity index (χ0v) is 16.6. The van der Waals surface area contributed by atoms with E-state index in [1.807, 2.05) is 32.0 Å². The van der Waals surface area contributed by atoms with E-state index in [4.69, 9.17) is 0 Å². The molecule has 0 atom stereocenters. The van der Waals surface area contributed by atoms with Gasteiger partial charge in [-0.25, -0.2) is 14.4 Å². The Morgan fingerprint density at radius 2 is 1.67 bits per heavy atom. The number of carbonyl (C=O) groups is 1. The summed E-state index contributed by atoms with van der Waals surface area (Å²) in [5, 5.41) is 2.96. The van der Waals surface area contributed by atoms with Gasteiger partial charge in [0.2, 0.25) is 0 Å². The third-order valence-corrected chi connectivity index (χ3v) is 4.73. The molecular formula is C24H19FN4O. The van der Waals surface area contributed by atoms with Gasteiger partial charge in [-0.15, -0.1) is 0 Å². The van der Waals surface area contributed by atoms with Crippen LogP contribution in [0.25, 0.3) is 22.6 Å². The predicted molar refractivity (Wildman–Crippen MR) is 115 cm³/mol. The summed E-state index contributed by atoms with van der Waals surface area (Å²) in [5.74, 6) is -0.233. The van der Waals surface area contributed by atoms with E-state index in [0.29, 0.717) is 22.6 Å². The van der Waals surface area contributed by atoms with Gasteiger partial charge in [0.15, 0.2) is 5.82 Å². The smallest absolute Gasteiger partial charge is 0.259 e. The van der Waals surface area contributed by atoms with Gasteiger partial charge >= 0.3 is 0 Å². The van der Waals surface area contributed by atoms with Crippen molar-refractivity contribution >= 4 is 11.6 Å². The molecule has 0 saturated heterocycles. The number of hydrogen-bond donors (Lipinski definition) is 1. The summed E-state index contributed by atoms with van der Waals surface area (Å²) in [4.78, 5) is 26.1. The fourth-order valence-corrected chi connectivity index (χ4v) is 3.08. The first-order chi connectivity index (χ1) is 14.5. The lowest BCUT2D eigenvalue weighted by atomic mass is 10.1. The summed E-state index contributed by atoms with van der Waals surface area (Å²) in [6, 6.07) is 15.4. The maximum atomic E-state index is 13.3. The highest BCUT2D eigenvalue weighted by molar-refractivity contribution is 6.08. The van der Waals surface area contributed by atoms with E-state index in [1.165, 1.54) is 18.3 Å². The van der Waals surface area contributed by atoms with Crippen molar-refractivity contribution in [3.63, 3.8) is 0 Å². The van der Waals surface area contributed by atoms with E-state index in [2.05, 4.69) is 20.3 Å². The van der Waals surface area contributed by atoms with Crippen molar-refractivity contribution in [2.24, 2.45) is 0 Å². The molecule has 0 aliphatic heterocycles. The lowest BCUT2D eigenvalue weighted by Crippen LogP contribution is -2.15. The molecule has 1 amide bonds. The first-order valence-electron chi connectivity index (χ1n) is 9.43. The Bertz CT molecular complexity index is 1210. The van der Waals surface area contributed by atoms with Crippen molar-refractivity contribution in [1.82, 2.24) is 15.0 Å². The van der Waals surface area contributed by atoms with Crippen molar-refractivity contribution in [1.29, 1.82) is 0 Å². The number of benzene rings is 2. The van der Waals surface area contributed by atoms with Crippen molar-refractivity contribution in [2.75, 3.05) is 5.32 Å². The Balaban J connectivity index is 1.77. The first-order valence-corrected chi connectivity index (χ1v) is 9.43. The maximum absolute atomic E-state index is 13.3. The molecule has 2 aromatic carbocycles. The van der Waals surface area contributed by atoms with Gasteiger partial charge in [-0.2, -0.15) is 0 Å². The summed E-state index contributed by atoms with van der Waals surface area (Å²) < 4.78 is 13.3. The van der Waals surface area contributed by atoms with Gasteiger partial charge in [0, 0.05) is 35.4 Å². The van der Waals surface area contributed by atoms with Crippen LogP contribution < -0.4 is 5.32 Å². The minimum absolute atomic E-state index is 0.304. The molecule has 0 spiro atoms. The standard InChI is InChI=1S/C24H19FN4O/c1-15-3-4-16(2)21(13-15)28-24(30)20-14-27-23(18-5-7-19(25)8-6-18)29-22(20)17-9-11-26-12-10-17/h3-14H,1-2H3,(H,28,30). The Hall–Kier alpha value is -3.93. The number of anilines is 1. The maximum Gasteiger partial charge on any atom is 0.259 e. The number of pyridine rings is 1. The third-order valence-electron chi connectivity index (χ3n) is 4.73. The molecule has 2 aromatic heterocycles. The lowest BCUT2D eigenvalue weighted by molar-refractivity contribution is 0.102. The average Bonchev–Trinajstić information content (AvgIpc) is 2.77. The minimum Gasteiger partial charge on any atom is -0.322 e. The van der Waals surface area contributed by atoms with Crippen LogP contribution in [0, 0.1) is 19.7 Å². The van der Waals surface area contributed by atoms with Gasteiger partial charge in [-0.3, -0.25) is 9.78 Å². The van der Waals surface area contributed by atoms with Crippen LogP contribution in [-0.2, 0) is 0 Å². The molecule has 4 rings (SSSR count).